The van der Waals surface area contributed by atoms with E-state index in [1.165, 1.54) is 0 Å². The van der Waals surface area contributed by atoms with Crippen molar-refractivity contribution in [3.05, 3.63) is 24.0 Å². The van der Waals surface area contributed by atoms with E-state index in [1.54, 1.807) is 4.90 Å². The van der Waals surface area contributed by atoms with E-state index in [0.717, 1.165) is 12.1 Å². The van der Waals surface area contributed by atoms with Crippen LogP contribution in [0.5, 0.6) is 0 Å². The van der Waals surface area contributed by atoms with E-state index >= 15 is 0 Å². The predicted octanol–water partition coefficient (Wildman–Crippen LogP) is 2.90. The van der Waals surface area contributed by atoms with Crippen molar-refractivity contribution in [2.24, 2.45) is 18.9 Å². The van der Waals surface area contributed by atoms with E-state index in [4.69, 9.17) is 0 Å². The Morgan fingerprint density at radius 2 is 1.83 bits per heavy atom. The first-order valence-electron chi connectivity index (χ1n) is 8.93. The molecular formula is C19H33N3O2. The number of aryl methyl sites for hydroxylation is 1. The van der Waals surface area contributed by atoms with Crippen molar-refractivity contribution in [3.63, 3.8) is 0 Å². The van der Waals surface area contributed by atoms with E-state index in [-0.39, 0.29) is 24.3 Å². The summed E-state index contributed by atoms with van der Waals surface area (Å²) >= 11 is 0. The van der Waals surface area contributed by atoms with Gasteiger partial charge in [-0.3, -0.25) is 9.59 Å². The lowest BCUT2D eigenvalue weighted by molar-refractivity contribution is -0.143. The summed E-state index contributed by atoms with van der Waals surface area (Å²) in [5, 5.41) is 0. The Hall–Kier alpha value is -1.78. The van der Waals surface area contributed by atoms with Crippen LogP contribution in [0.25, 0.3) is 0 Å². The molecule has 0 bridgehead atoms. The zero-order chi connectivity index (χ0) is 18.3. The fourth-order valence-electron chi connectivity index (χ4n) is 2.72. The van der Waals surface area contributed by atoms with Crippen molar-refractivity contribution in [2.75, 3.05) is 19.6 Å². The third kappa shape index (κ3) is 6.02. The normalized spacial score (nSPS) is 11.2. The standard InChI is InChI=1S/C19H33N3O2/c1-7-10-21(19(24)16(4)5)14-18(23)22(12-15(2)3)13-17-9-8-11-20(17)6/h8-9,11,15-16H,7,10,12-14H2,1-6H3. The van der Waals surface area contributed by atoms with Crippen LogP contribution in [0.4, 0.5) is 0 Å². The second-order valence-corrected chi connectivity index (χ2v) is 7.19. The van der Waals surface area contributed by atoms with E-state index in [1.807, 2.05) is 55.6 Å². The van der Waals surface area contributed by atoms with Gasteiger partial charge in [-0.15, -0.1) is 0 Å². The molecule has 2 amide bonds. The SMILES string of the molecule is CCCN(CC(=O)N(Cc1cccn1C)CC(C)C)C(=O)C(C)C. The molecule has 0 aliphatic carbocycles. The average molecular weight is 335 g/mol. The highest BCUT2D eigenvalue weighted by Gasteiger charge is 2.23. The maximum Gasteiger partial charge on any atom is 0.242 e. The molecule has 1 aromatic rings. The van der Waals surface area contributed by atoms with Crippen LogP contribution < -0.4 is 0 Å². The maximum absolute atomic E-state index is 12.9. The molecule has 0 saturated heterocycles. The smallest absolute Gasteiger partial charge is 0.242 e. The number of nitrogens with zero attached hydrogens (tertiary/aromatic N) is 3. The van der Waals surface area contributed by atoms with Gasteiger partial charge in [0.2, 0.25) is 11.8 Å². The van der Waals surface area contributed by atoms with Crippen molar-refractivity contribution in [1.82, 2.24) is 14.4 Å². The number of carbonyl (C=O) groups excluding carboxylic acids is 2. The molecule has 5 nitrogen and oxygen atoms in total. The van der Waals surface area contributed by atoms with Crippen molar-refractivity contribution in [3.8, 4) is 0 Å². The van der Waals surface area contributed by atoms with Crippen molar-refractivity contribution in [1.29, 1.82) is 0 Å². The van der Waals surface area contributed by atoms with Crippen LogP contribution in [0.3, 0.4) is 0 Å². The quantitative estimate of drug-likeness (QED) is 0.696. The van der Waals surface area contributed by atoms with Crippen LogP contribution in [0.1, 0.15) is 46.7 Å². The van der Waals surface area contributed by atoms with Gasteiger partial charge >= 0.3 is 0 Å². The minimum atomic E-state index is -0.0872. The fourth-order valence-corrected chi connectivity index (χ4v) is 2.72. The molecule has 0 aliphatic rings. The van der Waals surface area contributed by atoms with Gasteiger partial charge in [-0.05, 0) is 24.5 Å². The van der Waals surface area contributed by atoms with Crippen molar-refractivity contribution < 1.29 is 9.59 Å². The van der Waals surface area contributed by atoms with E-state index < -0.39 is 0 Å². The van der Waals surface area contributed by atoms with Gasteiger partial charge < -0.3 is 14.4 Å². The number of hydrogen-bond donors (Lipinski definition) is 0. The monoisotopic (exact) mass is 335 g/mol. The van der Waals surface area contributed by atoms with Crippen LogP contribution in [0, 0.1) is 11.8 Å². The van der Waals surface area contributed by atoms with Gasteiger partial charge in [0.1, 0.15) is 0 Å². The van der Waals surface area contributed by atoms with Crippen LogP contribution in [0.15, 0.2) is 18.3 Å². The minimum absolute atomic E-state index is 0.0207. The number of amides is 2. The fraction of sp³-hybridized carbons (Fsp3) is 0.684. The molecule has 5 heteroatoms. The molecule has 0 aromatic carbocycles. The number of aromatic nitrogens is 1. The number of hydrogen-bond acceptors (Lipinski definition) is 2. The predicted molar refractivity (Wildman–Crippen MR) is 97.4 cm³/mol. The molecule has 0 radical (unpaired) electrons. The molecule has 1 aromatic heterocycles. The Kier molecular flexibility index (Phi) is 8.02. The molecule has 24 heavy (non-hydrogen) atoms. The van der Waals surface area contributed by atoms with Crippen LogP contribution in [-0.2, 0) is 23.2 Å². The van der Waals surface area contributed by atoms with Crippen LogP contribution in [0.2, 0.25) is 0 Å². The van der Waals surface area contributed by atoms with Crippen molar-refractivity contribution in [2.45, 2.75) is 47.6 Å². The molecule has 0 fully saturated rings. The zero-order valence-corrected chi connectivity index (χ0v) is 16.1. The van der Waals surface area contributed by atoms with Crippen molar-refractivity contribution >= 4 is 11.8 Å². The lowest BCUT2D eigenvalue weighted by atomic mass is 10.1. The molecule has 1 heterocycles. The Morgan fingerprint density at radius 3 is 2.29 bits per heavy atom. The highest BCUT2D eigenvalue weighted by molar-refractivity contribution is 5.85. The first-order chi connectivity index (χ1) is 11.3. The van der Waals surface area contributed by atoms with Crippen LogP contribution >= 0.6 is 0 Å². The molecule has 0 unspecified atom stereocenters. The Morgan fingerprint density at radius 1 is 1.17 bits per heavy atom. The van der Waals surface area contributed by atoms with E-state index in [0.29, 0.717) is 25.6 Å². The van der Waals surface area contributed by atoms with Gasteiger partial charge in [0, 0.05) is 37.9 Å². The van der Waals surface area contributed by atoms with Gasteiger partial charge in [0.25, 0.3) is 0 Å². The Labute approximate surface area is 146 Å². The minimum Gasteiger partial charge on any atom is -0.353 e. The zero-order valence-electron chi connectivity index (χ0n) is 16.1. The van der Waals surface area contributed by atoms with Gasteiger partial charge in [0.15, 0.2) is 0 Å². The highest BCUT2D eigenvalue weighted by Crippen LogP contribution is 2.10. The maximum atomic E-state index is 12.9. The summed E-state index contributed by atoms with van der Waals surface area (Å²) in [4.78, 5) is 28.8. The molecule has 0 atom stereocenters. The summed E-state index contributed by atoms with van der Waals surface area (Å²) in [5.74, 6) is 0.367. The van der Waals surface area contributed by atoms with E-state index in [9.17, 15) is 9.59 Å². The third-order valence-electron chi connectivity index (χ3n) is 3.97. The largest absolute Gasteiger partial charge is 0.353 e. The molecule has 0 saturated carbocycles. The highest BCUT2D eigenvalue weighted by atomic mass is 16.2. The summed E-state index contributed by atoms with van der Waals surface area (Å²) in [7, 11) is 1.99. The summed E-state index contributed by atoms with van der Waals surface area (Å²) in [5.41, 5.74) is 1.10. The molecule has 0 aliphatic heterocycles. The number of rotatable bonds is 9. The molecule has 0 spiro atoms. The second kappa shape index (κ2) is 9.50. The second-order valence-electron chi connectivity index (χ2n) is 7.19. The van der Waals surface area contributed by atoms with Gasteiger partial charge in [0.05, 0.1) is 13.1 Å². The molecule has 1 rings (SSSR count). The molecule has 136 valence electrons. The summed E-state index contributed by atoms with van der Waals surface area (Å²) in [6.07, 6.45) is 2.84. The first-order valence-corrected chi connectivity index (χ1v) is 8.93. The average Bonchev–Trinajstić information content (AvgIpc) is 2.90. The van der Waals surface area contributed by atoms with Gasteiger partial charge in [-0.1, -0.05) is 34.6 Å². The van der Waals surface area contributed by atoms with Gasteiger partial charge in [-0.2, -0.15) is 0 Å². The van der Waals surface area contributed by atoms with Crippen LogP contribution in [-0.4, -0.2) is 45.8 Å². The Bertz CT molecular complexity index is 534. The lowest BCUT2D eigenvalue weighted by Crippen LogP contribution is -2.45. The third-order valence-corrected chi connectivity index (χ3v) is 3.97. The summed E-state index contributed by atoms with van der Waals surface area (Å²) in [6, 6.07) is 4.02. The summed E-state index contributed by atoms with van der Waals surface area (Å²) < 4.78 is 2.03. The Balaban J connectivity index is 2.85. The number of carbonyl (C=O) groups is 2. The van der Waals surface area contributed by atoms with Gasteiger partial charge in [-0.25, -0.2) is 0 Å². The summed E-state index contributed by atoms with van der Waals surface area (Å²) in [6.45, 7) is 12.1. The first kappa shape index (κ1) is 20.3. The molecule has 0 N–H and O–H groups in total. The lowest BCUT2D eigenvalue weighted by Gasteiger charge is -2.29. The van der Waals surface area contributed by atoms with E-state index in [2.05, 4.69) is 13.8 Å². The molecular weight excluding hydrogens is 302 g/mol. The topological polar surface area (TPSA) is 45.6 Å².